The van der Waals surface area contributed by atoms with Crippen molar-refractivity contribution in [3.05, 3.63) is 45.6 Å². The molecule has 0 radical (unpaired) electrons. The molecule has 0 aliphatic carbocycles. The zero-order valence-electron chi connectivity index (χ0n) is 11.3. The number of aryl methyl sites for hydroxylation is 2. The lowest BCUT2D eigenvalue weighted by atomic mass is 10.2. The summed E-state index contributed by atoms with van der Waals surface area (Å²) in [5, 5.41) is 14.5. The van der Waals surface area contributed by atoms with Crippen molar-refractivity contribution >= 4 is 5.69 Å². The van der Waals surface area contributed by atoms with Crippen molar-refractivity contribution < 1.29 is 14.2 Å². The second-order valence-corrected chi connectivity index (χ2v) is 4.35. The van der Waals surface area contributed by atoms with Gasteiger partial charge in [0, 0.05) is 18.1 Å². The van der Waals surface area contributed by atoms with Crippen molar-refractivity contribution in [1.82, 2.24) is 10.1 Å². The number of benzene rings is 1. The fraction of sp³-hybridized carbons (Fsp3) is 0.385. The third-order valence-electron chi connectivity index (χ3n) is 2.71. The van der Waals surface area contributed by atoms with Gasteiger partial charge in [0.25, 0.3) is 11.6 Å². The van der Waals surface area contributed by atoms with Crippen LogP contribution in [0, 0.1) is 17.0 Å². The molecule has 1 aromatic carbocycles. The van der Waals surface area contributed by atoms with Crippen LogP contribution in [-0.4, -0.2) is 15.1 Å². The van der Waals surface area contributed by atoms with Gasteiger partial charge >= 0.3 is 0 Å². The maximum Gasteiger partial charge on any atom is 0.272 e. The maximum absolute atomic E-state index is 10.7. The lowest BCUT2D eigenvalue weighted by Crippen LogP contribution is -1.98. The summed E-state index contributed by atoms with van der Waals surface area (Å²) < 4.78 is 10.5. The Morgan fingerprint density at radius 2 is 2.25 bits per heavy atom. The summed E-state index contributed by atoms with van der Waals surface area (Å²) in [5.74, 6) is 1.58. The van der Waals surface area contributed by atoms with Gasteiger partial charge in [0.1, 0.15) is 5.75 Å². The minimum absolute atomic E-state index is 0.0698. The molecule has 0 bridgehead atoms. The van der Waals surface area contributed by atoms with Gasteiger partial charge in [-0.05, 0) is 25.5 Å². The van der Waals surface area contributed by atoms with Crippen molar-refractivity contribution in [2.45, 2.75) is 33.3 Å². The van der Waals surface area contributed by atoms with Gasteiger partial charge in [-0.25, -0.2) is 0 Å². The summed E-state index contributed by atoms with van der Waals surface area (Å²) in [6.07, 6.45) is 1.71. The third-order valence-corrected chi connectivity index (χ3v) is 2.71. The van der Waals surface area contributed by atoms with Crippen LogP contribution < -0.4 is 4.74 Å². The lowest BCUT2D eigenvalue weighted by Gasteiger charge is -2.04. The molecule has 2 rings (SSSR count). The summed E-state index contributed by atoms with van der Waals surface area (Å²) in [7, 11) is 0. The first-order valence-corrected chi connectivity index (χ1v) is 6.29. The molecule has 1 heterocycles. The number of nitro benzene ring substituents is 1. The van der Waals surface area contributed by atoms with E-state index in [4.69, 9.17) is 9.26 Å². The van der Waals surface area contributed by atoms with Crippen molar-refractivity contribution in [3.8, 4) is 5.75 Å². The maximum atomic E-state index is 10.7. The number of ether oxygens (including phenoxy) is 1. The molecule has 0 saturated heterocycles. The predicted octanol–water partition coefficient (Wildman–Crippen LogP) is 2.82. The molecule has 0 aliphatic rings. The monoisotopic (exact) mass is 277 g/mol. The highest BCUT2D eigenvalue weighted by Gasteiger charge is 2.11. The summed E-state index contributed by atoms with van der Waals surface area (Å²) in [6.45, 7) is 3.84. The Morgan fingerprint density at radius 1 is 1.45 bits per heavy atom. The standard InChI is InChI=1S/C13H15N3O4/c1-3-4-12-14-13(20-15-12)8-19-10-5-6-11(16(17)18)9(2)7-10/h5-7H,3-4,8H2,1-2H3. The molecule has 0 saturated carbocycles. The molecule has 0 spiro atoms. The van der Waals surface area contributed by atoms with Crippen molar-refractivity contribution in [2.24, 2.45) is 0 Å². The van der Waals surface area contributed by atoms with E-state index in [0.29, 0.717) is 23.0 Å². The highest BCUT2D eigenvalue weighted by molar-refractivity contribution is 5.44. The van der Waals surface area contributed by atoms with Crippen LogP contribution in [0.15, 0.2) is 22.7 Å². The van der Waals surface area contributed by atoms with Gasteiger partial charge in [-0.15, -0.1) is 0 Å². The van der Waals surface area contributed by atoms with Crippen LogP contribution in [0.1, 0.15) is 30.6 Å². The molecule has 20 heavy (non-hydrogen) atoms. The normalized spacial score (nSPS) is 10.5. The Labute approximate surface area is 115 Å². The average Bonchev–Trinajstić information content (AvgIpc) is 2.84. The van der Waals surface area contributed by atoms with E-state index in [1.807, 2.05) is 6.92 Å². The molecule has 106 valence electrons. The molecular formula is C13H15N3O4. The van der Waals surface area contributed by atoms with Gasteiger partial charge < -0.3 is 9.26 Å². The molecule has 0 amide bonds. The number of aromatic nitrogens is 2. The number of hydrogen-bond donors (Lipinski definition) is 0. The molecule has 0 aliphatic heterocycles. The Kier molecular flexibility index (Phi) is 4.29. The van der Waals surface area contributed by atoms with Crippen LogP contribution in [-0.2, 0) is 13.0 Å². The molecule has 1 aromatic heterocycles. The molecule has 0 unspecified atom stereocenters. The van der Waals surface area contributed by atoms with Crippen LogP contribution >= 0.6 is 0 Å². The van der Waals surface area contributed by atoms with Gasteiger partial charge in [-0.1, -0.05) is 12.1 Å². The summed E-state index contributed by atoms with van der Waals surface area (Å²) in [4.78, 5) is 14.5. The minimum atomic E-state index is -0.422. The zero-order chi connectivity index (χ0) is 14.5. The van der Waals surface area contributed by atoms with E-state index in [9.17, 15) is 10.1 Å². The molecule has 7 nitrogen and oxygen atoms in total. The summed E-state index contributed by atoms with van der Waals surface area (Å²) in [6, 6.07) is 4.58. The van der Waals surface area contributed by atoms with Crippen LogP contribution in [0.4, 0.5) is 5.69 Å². The largest absolute Gasteiger partial charge is 0.484 e. The topological polar surface area (TPSA) is 91.3 Å². The Morgan fingerprint density at radius 3 is 2.90 bits per heavy atom. The highest BCUT2D eigenvalue weighted by atomic mass is 16.6. The first-order valence-electron chi connectivity index (χ1n) is 6.29. The minimum Gasteiger partial charge on any atom is -0.484 e. The Balaban J connectivity index is 1.99. The number of nitro groups is 1. The second kappa shape index (κ2) is 6.14. The van der Waals surface area contributed by atoms with Gasteiger partial charge in [-0.3, -0.25) is 10.1 Å². The van der Waals surface area contributed by atoms with Crippen LogP contribution in [0.25, 0.3) is 0 Å². The van der Waals surface area contributed by atoms with E-state index in [1.165, 1.54) is 6.07 Å². The molecule has 0 atom stereocenters. The smallest absolute Gasteiger partial charge is 0.272 e. The SMILES string of the molecule is CCCc1noc(COc2ccc([N+](=O)[O-])c(C)c2)n1. The molecule has 7 heteroatoms. The van der Waals surface area contributed by atoms with E-state index < -0.39 is 4.92 Å². The number of hydrogen-bond acceptors (Lipinski definition) is 6. The Bertz CT molecular complexity index is 609. The first kappa shape index (κ1) is 14.0. The molecule has 2 aromatic rings. The van der Waals surface area contributed by atoms with Gasteiger partial charge in [0.15, 0.2) is 12.4 Å². The summed E-state index contributed by atoms with van der Waals surface area (Å²) >= 11 is 0. The molecular weight excluding hydrogens is 262 g/mol. The van der Waals surface area contributed by atoms with Crippen molar-refractivity contribution in [2.75, 3.05) is 0 Å². The predicted molar refractivity (Wildman–Crippen MR) is 70.5 cm³/mol. The van der Waals surface area contributed by atoms with Crippen LogP contribution in [0.5, 0.6) is 5.75 Å². The van der Waals surface area contributed by atoms with Gasteiger partial charge in [0.05, 0.1) is 4.92 Å². The van der Waals surface area contributed by atoms with Crippen LogP contribution in [0.2, 0.25) is 0 Å². The first-order chi connectivity index (χ1) is 9.60. The average molecular weight is 277 g/mol. The fourth-order valence-corrected chi connectivity index (χ4v) is 1.74. The lowest BCUT2D eigenvalue weighted by molar-refractivity contribution is -0.385. The van der Waals surface area contributed by atoms with Gasteiger partial charge in [-0.2, -0.15) is 4.98 Å². The summed E-state index contributed by atoms with van der Waals surface area (Å²) in [5.41, 5.74) is 0.616. The fourth-order valence-electron chi connectivity index (χ4n) is 1.74. The zero-order valence-corrected chi connectivity index (χ0v) is 11.3. The van der Waals surface area contributed by atoms with Gasteiger partial charge in [0.2, 0.25) is 0 Å². The number of nitrogens with zero attached hydrogens (tertiary/aromatic N) is 3. The van der Waals surface area contributed by atoms with E-state index in [1.54, 1.807) is 19.1 Å². The van der Waals surface area contributed by atoms with E-state index in [0.717, 1.165) is 12.8 Å². The van der Waals surface area contributed by atoms with Crippen molar-refractivity contribution in [1.29, 1.82) is 0 Å². The van der Waals surface area contributed by atoms with E-state index in [-0.39, 0.29) is 12.3 Å². The van der Waals surface area contributed by atoms with Crippen LogP contribution in [0.3, 0.4) is 0 Å². The Hall–Kier alpha value is -2.44. The molecule has 0 fully saturated rings. The second-order valence-electron chi connectivity index (χ2n) is 4.35. The van der Waals surface area contributed by atoms with E-state index in [2.05, 4.69) is 10.1 Å². The van der Waals surface area contributed by atoms with Crippen molar-refractivity contribution in [3.63, 3.8) is 0 Å². The third kappa shape index (κ3) is 3.31. The highest BCUT2D eigenvalue weighted by Crippen LogP contribution is 2.23. The number of rotatable bonds is 6. The van der Waals surface area contributed by atoms with E-state index >= 15 is 0 Å². The molecule has 0 N–H and O–H groups in total. The quantitative estimate of drug-likeness (QED) is 0.595.